The smallest absolute Gasteiger partial charge is 0.143 e. The van der Waals surface area contributed by atoms with E-state index in [0.29, 0.717) is 5.69 Å². The molecule has 1 fully saturated rings. The molecule has 0 bridgehead atoms. The number of methoxy groups -OCH3 is 2. The summed E-state index contributed by atoms with van der Waals surface area (Å²) in [5, 5.41) is 9.34. The van der Waals surface area contributed by atoms with Crippen LogP contribution in [0.5, 0.6) is 11.5 Å². The number of ether oxygens (including phenoxy) is 2. The van der Waals surface area contributed by atoms with Gasteiger partial charge in [0.05, 0.1) is 25.9 Å². The maximum absolute atomic E-state index is 14.0. The van der Waals surface area contributed by atoms with E-state index >= 15 is 0 Å². The standard InChI is InChI=1S/C19H19FN2O2/c1-23-13-8-9-19(24-2)14(11-13)17-7-4-10-22(17)18-6-3-5-16(20)15(18)12-21/h3,5-6,8-9,11,17H,4,7,10H2,1-2H3/t17-/m0/s1. The average Bonchev–Trinajstić information content (AvgIpc) is 3.10. The summed E-state index contributed by atoms with van der Waals surface area (Å²) in [6.07, 6.45) is 1.87. The predicted molar refractivity (Wildman–Crippen MR) is 90.0 cm³/mol. The Balaban J connectivity index is 2.07. The van der Waals surface area contributed by atoms with Crippen LogP contribution in [0, 0.1) is 17.1 Å². The molecule has 0 unspecified atom stereocenters. The Kier molecular flexibility index (Phi) is 4.57. The van der Waals surface area contributed by atoms with Crippen LogP contribution in [0.1, 0.15) is 30.0 Å². The average molecular weight is 326 g/mol. The number of hydrogen-bond acceptors (Lipinski definition) is 4. The Morgan fingerprint density at radius 3 is 2.75 bits per heavy atom. The van der Waals surface area contributed by atoms with Crippen molar-refractivity contribution in [3.8, 4) is 17.6 Å². The third kappa shape index (κ3) is 2.76. The van der Waals surface area contributed by atoms with Crippen molar-refractivity contribution >= 4 is 5.69 Å². The van der Waals surface area contributed by atoms with Gasteiger partial charge in [0.1, 0.15) is 28.9 Å². The van der Waals surface area contributed by atoms with Crippen LogP contribution in [0.3, 0.4) is 0 Å². The van der Waals surface area contributed by atoms with Gasteiger partial charge in [0.25, 0.3) is 0 Å². The first kappa shape index (κ1) is 16.1. The van der Waals surface area contributed by atoms with Crippen molar-refractivity contribution < 1.29 is 13.9 Å². The molecule has 0 saturated carbocycles. The molecule has 1 atom stereocenters. The molecule has 0 radical (unpaired) electrons. The second kappa shape index (κ2) is 6.79. The highest BCUT2D eigenvalue weighted by Gasteiger charge is 2.31. The number of nitrogens with zero attached hydrogens (tertiary/aromatic N) is 2. The first-order chi connectivity index (χ1) is 11.7. The monoisotopic (exact) mass is 326 g/mol. The Bertz CT molecular complexity index is 785. The molecule has 2 aromatic carbocycles. The number of hydrogen-bond donors (Lipinski definition) is 0. The van der Waals surface area contributed by atoms with E-state index in [1.807, 2.05) is 24.3 Å². The molecule has 1 aliphatic heterocycles. The van der Waals surface area contributed by atoms with Crippen molar-refractivity contribution in [1.82, 2.24) is 0 Å². The molecule has 3 rings (SSSR count). The van der Waals surface area contributed by atoms with Crippen LogP contribution in [0.2, 0.25) is 0 Å². The molecule has 4 nitrogen and oxygen atoms in total. The van der Waals surface area contributed by atoms with Gasteiger partial charge in [0.2, 0.25) is 0 Å². The third-order valence-corrected chi connectivity index (χ3v) is 4.46. The van der Waals surface area contributed by atoms with Gasteiger partial charge >= 0.3 is 0 Å². The van der Waals surface area contributed by atoms with Crippen LogP contribution in [0.4, 0.5) is 10.1 Å². The summed E-state index contributed by atoms with van der Waals surface area (Å²) in [5.41, 5.74) is 1.71. The maximum Gasteiger partial charge on any atom is 0.143 e. The first-order valence-electron chi connectivity index (χ1n) is 7.86. The molecule has 2 aromatic rings. The number of rotatable bonds is 4. The molecule has 1 heterocycles. The minimum absolute atomic E-state index is 0.0175. The molecule has 0 N–H and O–H groups in total. The minimum Gasteiger partial charge on any atom is -0.497 e. The molecule has 0 aromatic heterocycles. The maximum atomic E-state index is 14.0. The molecule has 0 amide bonds. The lowest BCUT2D eigenvalue weighted by molar-refractivity contribution is 0.395. The number of halogens is 1. The molecule has 0 spiro atoms. The van der Waals surface area contributed by atoms with Gasteiger partial charge in [-0.2, -0.15) is 5.26 Å². The van der Waals surface area contributed by atoms with E-state index in [-0.39, 0.29) is 11.6 Å². The van der Waals surface area contributed by atoms with Crippen molar-refractivity contribution in [1.29, 1.82) is 5.26 Å². The van der Waals surface area contributed by atoms with Gasteiger partial charge in [-0.3, -0.25) is 0 Å². The molecular formula is C19H19FN2O2. The van der Waals surface area contributed by atoms with E-state index in [4.69, 9.17) is 9.47 Å². The fourth-order valence-corrected chi connectivity index (χ4v) is 3.34. The second-order valence-electron chi connectivity index (χ2n) is 5.71. The Hall–Kier alpha value is -2.74. The summed E-state index contributed by atoms with van der Waals surface area (Å²) < 4.78 is 24.8. The molecule has 1 aliphatic rings. The van der Waals surface area contributed by atoms with E-state index in [0.717, 1.165) is 36.4 Å². The van der Waals surface area contributed by atoms with Gasteiger partial charge in [-0.05, 0) is 43.2 Å². The van der Waals surface area contributed by atoms with Gasteiger partial charge in [0, 0.05) is 12.1 Å². The summed E-state index contributed by atoms with van der Waals surface area (Å²) in [5.74, 6) is 1.03. The third-order valence-electron chi connectivity index (χ3n) is 4.46. The van der Waals surface area contributed by atoms with Crippen LogP contribution in [-0.4, -0.2) is 20.8 Å². The molecular weight excluding hydrogens is 307 g/mol. The summed E-state index contributed by atoms with van der Waals surface area (Å²) in [6, 6.07) is 12.4. The molecule has 1 saturated heterocycles. The minimum atomic E-state index is -0.488. The molecule has 24 heavy (non-hydrogen) atoms. The highest BCUT2D eigenvalue weighted by atomic mass is 19.1. The highest BCUT2D eigenvalue weighted by Crippen LogP contribution is 2.42. The predicted octanol–water partition coefficient (Wildman–Crippen LogP) is 4.06. The first-order valence-corrected chi connectivity index (χ1v) is 7.86. The zero-order valence-corrected chi connectivity index (χ0v) is 13.8. The normalized spacial score (nSPS) is 16.8. The van der Waals surface area contributed by atoms with E-state index in [1.54, 1.807) is 26.4 Å². The summed E-state index contributed by atoms with van der Waals surface area (Å²) >= 11 is 0. The van der Waals surface area contributed by atoms with Crippen molar-refractivity contribution in [2.75, 3.05) is 25.7 Å². The van der Waals surface area contributed by atoms with Crippen LogP contribution in [-0.2, 0) is 0 Å². The van der Waals surface area contributed by atoms with Gasteiger partial charge in [0.15, 0.2) is 0 Å². The lowest BCUT2D eigenvalue weighted by atomic mass is 10.0. The number of anilines is 1. The Labute approximate surface area is 141 Å². The highest BCUT2D eigenvalue weighted by molar-refractivity contribution is 5.62. The second-order valence-corrected chi connectivity index (χ2v) is 5.71. The molecule has 0 aliphatic carbocycles. The summed E-state index contributed by atoms with van der Waals surface area (Å²) in [6.45, 7) is 0.767. The molecule has 5 heteroatoms. The van der Waals surface area contributed by atoms with Crippen molar-refractivity contribution in [3.05, 3.63) is 53.3 Å². The van der Waals surface area contributed by atoms with E-state index in [9.17, 15) is 9.65 Å². The Morgan fingerprint density at radius 1 is 1.21 bits per heavy atom. The van der Waals surface area contributed by atoms with Gasteiger partial charge in [-0.15, -0.1) is 0 Å². The van der Waals surface area contributed by atoms with Gasteiger partial charge < -0.3 is 14.4 Å². The van der Waals surface area contributed by atoms with Crippen LogP contribution < -0.4 is 14.4 Å². The van der Waals surface area contributed by atoms with Crippen molar-refractivity contribution in [2.24, 2.45) is 0 Å². The number of benzene rings is 2. The van der Waals surface area contributed by atoms with Gasteiger partial charge in [-0.1, -0.05) is 6.07 Å². The largest absolute Gasteiger partial charge is 0.497 e. The van der Waals surface area contributed by atoms with Gasteiger partial charge in [-0.25, -0.2) is 4.39 Å². The summed E-state index contributed by atoms with van der Waals surface area (Å²) in [4.78, 5) is 2.08. The van der Waals surface area contributed by atoms with Crippen molar-refractivity contribution in [2.45, 2.75) is 18.9 Å². The fraction of sp³-hybridized carbons (Fsp3) is 0.316. The van der Waals surface area contributed by atoms with Crippen LogP contribution in [0.25, 0.3) is 0 Å². The topological polar surface area (TPSA) is 45.5 Å². The van der Waals surface area contributed by atoms with E-state index < -0.39 is 5.82 Å². The van der Waals surface area contributed by atoms with E-state index in [1.165, 1.54) is 6.07 Å². The quantitative estimate of drug-likeness (QED) is 0.850. The summed E-state index contributed by atoms with van der Waals surface area (Å²) in [7, 11) is 3.26. The lowest BCUT2D eigenvalue weighted by Crippen LogP contribution is -2.24. The number of nitriles is 1. The molecule has 124 valence electrons. The zero-order valence-electron chi connectivity index (χ0n) is 13.8. The SMILES string of the molecule is COc1ccc(OC)c([C@@H]2CCCN2c2cccc(F)c2C#N)c1. The van der Waals surface area contributed by atoms with Crippen LogP contribution >= 0.6 is 0 Å². The zero-order chi connectivity index (χ0) is 17.1. The van der Waals surface area contributed by atoms with Crippen LogP contribution in [0.15, 0.2) is 36.4 Å². The van der Waals surface area contributed by atoms with Crippen molar-refractivity contribution in [3.63, 3.8) is 0 Å². The lowest BCUT2D eigenvalue weighted by Gasteiger charge is -2.29. The fourth-order valence-electron chi connectivity index (χ4n) is 3.34. The Morgan fingerprint density at radius 2 is 2.04 bits per heavy atom. The van der Waals surface area contributed by atoms with E-state index in [2.05, 4.69) is 4.90 Å².